The fourth-order valence-corrected chi connectivity index (χ4v) is 2.09. The van der Waals surface area contributed by atoms with E-state index in [1.165, 1.54) is 6.33 Å². The Bertz CT molecular complexity index is 356. The molecule has 0 aliphatic carbocycles. The molecule has 2 heterocycles. The van der Waals surface area contributed by atoms with Gasteiger partial charge in [0, 0.05) is 13.7 Å². The first-order valence-electron chi connectivity index (χ1n) is 5.24. The van der Waals surface area contributed by atoms with E-state index in [4.69, 9.17) is 9.47 Å². The lowest BCUT2D eigenvalue weighted by Crippen LogP contribution is -2.17. The van der Waals surface area contributed by atoms with Crippen LogP contribution in [0.2, 0.25) is 0 Å². The molecule has 6 heteroatoms. The molecule has 0 saturated carbocycles. The Morgan fingerprint density at radius 3 is 3.19 bits per heavy atom. The summed E-state index contributed by atoms with van der Waals surface area (Å²) in [6.45, 7) is 1.37. The third-order valence-electron chi connectivity index (χ3n) is 2.42. The van der Waals surface area contributed by atoms with Gasteiger partial charge >= 0.3 is 0 Å². The summed E-state index contributed by atoms with van der Waals surface area (Å²) in [5.74, 6) is 1.27. The summed E-state index contributed by atoms with van der Waals surface area (Å²) in [6, 6.07) is 0. The molecular weight excluding hydrogens is 274 g/mol. The summed E-state index contributed by atoms with van der Waals surface area (Å²) in [7, 11) is 1.80. The van der Waals surface area contributed by atoms with Gasteiger partial charge in [0.05, 0.1) is 6.10 Å². The molecule has 2 rings (SSSR count). The Balaban J connectivity index is 1.97. The Labute approximate surface area is 103 Å². The van der Waals surface area contributed by atoms with E-state index in [1.54, 1.807) is 7.05 Å². The molecule has 0 aromatic carbocycles. The molecule has 0 amide bonds. The summed E-state index contributed by atoms with van der Waals surface area (Å²) >= 11 is 3.40. The lowest BCUT2D eigenvalue weighted by molar-refractivity contribution is 0.0660. The molecule has 1 aromatic heterocycles. The number of anilines is 1. The van der Waals surface area contributed by atoms with Crippen LogP contribution in [-0.4, -0.2) is 36.3 Å². The normalized spacial score (nSPS) is 19.8. The molecule has 0 radical (unpaired) electrons. The quantitative estimate of drug-likeness (QED) is 0.916. The second-order valence-electron chi connectivity index (χ2n) is 3.54. The number of halogens is 1. The maximum absolute atomic E-state index is 5.60. The van der Waals surface area contributed by atoms with Gasteiger partial charge in [-0.3, -0.25) is 0 Å². The fraction of sp³-hybridized carbons (Fsp3) is 0.600. The third kappa shape index (κ3) is 2.62. The molecule has 1 fully saturated rings. The highest BCUT2D eigenvalue weighted by Gasteiger charge is 2.17. The average Bonchev–Trinajstić information content (AvgIpc) is 2.81. The molecule has 1 N–H and O–H groups in total. The van der Waals surface area contributed by atoms with Crippen molar-refractivity contribution in [3.63, 3.8) is 0 Å². The van der Waals surface area contributed by atoms with Gasteiger partial charge in [-0.05, 0) is 28.8 Å². The van der Waals surface area contributed by atoms with E-state index in [-0.39, 0.29) is 6.10 Å². The lowest BCUT2D eigenvalue weighted by atomic mass is 10.2. The van der Waals surface area contributed by atoms with Crippen LogP contribution in [0.4, 0.5) is 5.82 Å². The average molecular weight is 288 g/mol. The van der Waals surface area contributed by atoms with Gasteiger partial charge in [0.25, 0.3) is 0 Å². The van der Waals surface area contributed by atoms with Crippen molar-refractivity contribution in [1.29, 1.82) is 0 Å². The summed E-state index contributed by atoms with van der Waals surface area (Å²) in [4.78, 5) is 8.13. The first-order chi connectivity index (χ1) is 7.81. The minimum absolute atomic E-state index is 0.194. The first-order valence-corrected chi connectivity index (χ1v) is 6.03. The zero-order chi connectivity index (χ0) is 11.4. The van der Waals surface area contributed by atoms with Crippen LogP contribution in [0.25, 0.3) is 0 Å². The molecule has 1 aliphatic rings. The van der Waals surface area contributed by atoms with Crippen LogP contribution in [0.1, 0.15) is 12.8 Å². The number of hydrogen-bond donors (Lipinski definition) is 1. The molecule has 1 atom stereocenters. The zero-order valence-electron chi connectivity index (χ0n) is 9.07. The molecule has 1 saturated heterocycles. The van der Waals surface area contributed by atoms with Gasteiger partial charge in [-0.15, -0.1) is 0 Å². The van der Waals surface area contributed by atoms with Gasteiger partial charge in [-0.25, -0.2) is 9.97 Å². The van der Waals surface area contributed by atoms with E-state index in [0.29, 0.717) is 12.5 Å². The maximum atomic E-state index is 5.60. The number of nitrogens with zero attached hydrogens (tertiary/aromatic N) is 2. The van der Waals surface area contributed by atoms with Crippen molar-refractivity contribution in [2.45, 2.75) is 18.9 Å². The smallest absolute Gasteiger partial charge is 0.233 e. The van der Waals surface area contributed by atoms with E-state index in [0.717, 1.165) is 29.7 Å². The van der Waals surface area contributed by atoms with Gasteiger partial charge in [0.15, 0.2) is 0 Å². The third-order valence-corrected chi connectivity index (χ3v) is 3.14. The van der Waals surface area contributed by atoms with E-state index < -0.39 is 0 Å². The van der Waals surface area contributed by atoms with Gasteiger partial charge in [0.2, 0.25) is 5.88 Å². The number of hydrogen-bond acceptors (Lipinski definition) is 5. The molecule has 1 aromatic rings. The Hall–Kier alpha value is -0.880. The Morgan fingerprint density at radius 2 is 2.50 bits per heavy atom. The SMILES string of the molecule is CNc1ncnc(OCC2CCCO2)c1Br. The molecule has 0 spiro atoms. The van der Waals surface area contributed by atoms with Gasteiger partial charge in [-0.1, -0.05) is 0 Å². The Kier molecular flexibility index (Phi) is 3.95. The predicted octanol–water partition coefficient (Wildman–Crippen LogP) is 1.84. The molecular formula is C10H14BrN3O2. The minimum Gasteiger partial charge on any atom is -0.474 e. The van der Waals surface area contributed by atoms with Crippen molar-refractivity contribution in [2.24, 2.45) is 0 Å². The molecule has 88 valence electrons. The zero-order valence-corrected chi connectivity index (χ0v) is 10.7. The first kappa shape index (κ1) is 11.6. The largest absolute Gasteiger partial charge is 0.474 e. The van der Waals surface area contributed by atoms with Gasteiger partial charge in [0.1, 0.15) is 23.2 Å². The van der Waals surface area contributed by atoms with Crippen LogP contribution in [0.5, 0.6) is 5.88 Å². The van der Waals surface area contributed by atoms with Crippen molar-refractivity contribution in [2.75, 3.05) is 25.6 Å². The molecule has 1 aliphatic heterocycles. The van der Waals surface area contributed by atoms with Crippen molar-refractivity contribution in [3.05, 3.63) is 10.8 Å². The summed E-state index contributed by atoms with van der Waals surface area (Å²) in [5.41, 5.74) is 0. The van der Waals surface area contributed by atoms with Crippen LogP contribution in [0.15, 0.2) is 10.8 Å². The fourth-order valence-electron chi connectivity index (χ4n) is 1.58. The topological polar surface area (TPSA) is 56.3 Å². The number of aromatic nitrogens is 2. The van der Waals surface area contributed by atoms with E-state index >= 15 is 0 Å². The highest BCUT2D eigenvalue weighted by Crippen LogP contribution is 2.28. The van der Waals surface area contributed by atoms with Crippen molar-refractivity contribution in [1.82, 2.24) is 9.97 Å². The molecule has 16 heavy (non-hydrogen) atoms. The summed E-state index contributed by atoms with van der Waals surface area (Å²) in [6.07, 6.45) is 3.84. The van der Waals surface area contributed by atoms with Gasteiger partial charge in [-0.2, -0.15) is 0 Å². The monoisotopic (exact) mass is 287 g/mol. The lowest BCUT2D eigenvalue weighted by Gasteiger charge is -2.12. The van der Waals surface area contributed by atoms with Crippen molar-refractivity contribution >= 4 is 21.7 Å². The standard InChI is InChI=1S/C10H14BrN3O2/c1-12-9-8(11)10(14-6-13-9)16-5-7-3-2-4-15-7/h6-7H,2-5H2,1H3,(H,12,13,14). The van der Waals surface area contributed by atoms with E-state index in [1.807, 2.05) is 0 Å². The van der Waals surface area contributed by atoms with Crippen LogP contribution in [0, 0.1) is 0 Å². The molecule has 1 unspecified atom stereocenters. The highest BCUT2D eigenvalue weighted by atomic mass is 79.9. The van der Waals surface area contributed by atoms with Crippen LogP contribution >= 0.6 is 15.9 Å². The number of ether oxygens (including phenoxy) is 2. The van der Waals surface area contributed by atoms with Crippen LogP contribution in [-0.2, 0) is 4.74 Å². The van der Waals surface area contributed by atoms with E-state index in [2.05, 4.69) is 31.2 Å². The van der Waals surface area contributed by atoms with Gasteiger partial charge < -0.3 is 14.8 Å². The highest BCUT2D eigenvalue weighted by molar-refractivity contribution is 9.10. The second-order valence-corrected chi connectivity index (χ2v) is 4.33. The summed E-state index contributed by atoms with van der Waals surface area (Å²) in [5, 5.41) is 2.95. The minimum atomic E-state index is 0.194. The molecule has 5 nitrogen and oxygen atoms in total. The van der Waals surface area contributed by atoms with Crippen LogP contribution in [0.3, 0.4) is 0 Å². The van der Waals surface area contributed by atoms with Crippen molar-refractivity contribution < 1.29 is 9.47 Å². The maximum Gasteiger partial charge on any atom is 0.233 e. The number of rotatable bonds is 4. The Morgan fingerprint density at radius 1 is 1.62 bits per heavy atom. The number of nitrogens with one attached hydrogen (secondary N) is 1. The van der Waals surface area contributed by atoms with E-state index in [9.17, 15) is 0 Å². The predicted molar refractivity (Wildman–Crippen MR) is 63.7 cm³/mol. The second kappa shape index (κ2) is 5.45. The van der Waals surface area contributed by atoms with Crippen molar-refractivity contribution in [3.8, 4) is 5.88 Å². The summed E-state index contributed by atoms with van der Waals surface area (Å²) < 4.78 is 11.8. The molecule has 0 bridgehead atoms. The van der Waals surface area contributed by atoms with Crippen LogP contribution < -0.4 is 10.1 Å².